The van der Waals surface area contributed by atoms with Crippen LogP contribution in [-0.2, 0) is 14.9 Å². The molecule has 0 radical (unpaired) electrons. The third kappa shape index (κ3) is 2.45. The van der Waals surface area contributed by atoms with E-state index in [1.165, 1.54) is 6.92 Å². The molecular formula is C13H16N2O5S. The lowest BCUT2D eigenvalue weighted by Gasteiger charge is -2.29. The minimum absolute atomic E-state index is 0.220. The standard InChI is InChI=1S/C13H16N2O5S/c1-9-11(13(2,8-16)21(18,19)20)12(17)15(14-9)10-6-4-3-5-7-10/h3-7,11,16H,8H2,1-2H3,(H,18,19,20)/t11-,13-/m1/s1. The van der Waals surface area contributed by atoms with E-state index in [4.69, 9.17) is 0 Å². The van der Waals surface area contributed by atoms with Gasteiger partial charge in [0.1, 0.15) is 10.7 Å². The van der Waals surface area contributed by atoms with Crippen LogP contribution in [0.1, 0.15) is 13.8 Å². The molecular weight excluding hydrogens is 296 g/mol. The number of para-hydroxylation sites is 1. The van der Waals surface area contributed by atoms with Crippen molar-refractivity contribution in [2.75, 3.05) is 11.6 Å². The highest BCUT2D eigenvalue weighted by atomic mass is 32.2. The maximum Gasteiger partial charge on any atom is 0.273 e. The van der Waals surface area contributed by atoms with E-state index in [1.807, 2.05) is 0 Å². The first-order valence-electron chi connectivity index (χ1n) is 6.24. The maximum atomic E-state index is 12.5. The van der Waals surface area contributed by atoms with Gasteiger partial charge in [-0.3, -0.25) is 9.35 Å². The highest BCUT2D eigenvalue weighted by molar-refractivity contribution is 7.87. The van der Waals surface area contributed by atoms with Gasteiger partial charge in [-0.1, -0.05) is 18.2 Å². The molecule has 0 fully saturated rings. The van der Waals surface area contributed by atoms with Crippen LogP contribution in [0.25, 0.3) is 0 Å². The summed E-state index contributed by atoms with van der Waals surface area (Å²) in [6.45, 7) is 1.72. The van der Waals surface area contributed by atoms with Crippen molar-refractivity contribution in [2.45, 2.75) is 18.6 Å². The Bertz CT molecular complexity index is 686. The molecule has 1 aromatic rings. The SMILES string of the molecule is CC1=NN(c2ccccc2)C(=O)[C@@H]1[C@@](C)(CO)S(=O)(=O)O. The van der Waals surface area contributed by atoms with Gasteiger partial charge in [0.25, 0.3) is 16.0 Å². The fourth-order valence-corrected chi connectivity index (χ4v) is 3.08. The number of carbonyl (C=O) groups excluding carboxylic acids is 1. The van der Waals surface area contributed by atoms with Crippen molar-refractivity contribution in [2.24, 2.45) is 11.0 Å². The van der Waals surface area contributed by atoms with Crippen molar-refractivity contribution in [3.63, 3.8) is 0 Å². The monoisotopic (exact) mass is 312 g/mol. The number of rotatable bonds is 4. The largest absolute Gasteiger partial charge is 0.395 e. The van der Waals surface area contributed by atoms with Gasteiger partial charge in [0, 0.05) is 0 Å². The van der Waals surface area contributed by atoms with Crippen LogP contribution in [0.5, 0.6) is 0 Å². The van der Waals surface area contributed by atoms with Crippen LogP contribution >= 0.6 is 0 Å². The summed E-state index contributed by atoms with van der Waals surface area (Å²) in [6.07, 6.45) is 0. The number of amides is 1. The van der Waals surface area contributed by atoms with Gasteiger partial charge in [-0.05, 0) is 26.0 Å². The molecule has 0 aromatic heterocycles. The second-order valence-electron chi connectivity index (χ2n) is 5.11. The lowest BCUT2D eigenvalue weighted by atomic mass is 9.89. The van der Waals surface area contributed by atoms with E-state index in [2.05, 4.69) is 5.10 Å². The molecule has 0 spiro atoms. The van der Waals surface area contributed by atoms with Gasteiger partial charge in [-0.2, -0.15) is 13.5 Å². The summed E-state index contributed by atoms with van der Waals surface area (Å²) >= 11 is 0. The first-order valence-corrected chi connectivity index (χ1v) is 7.68. The number of nitrogens with zero attached hydrogens (tertiary/aromatic N) is 2. The number of hydrogen-bond donors (Lipinski definition) is 2. The minimum Gasteiger partial charge on any atom is -0.395 e. The number of benzene rings is 1. The highest BCUT2D eigenvalue weighted by Crippen LogP contribution is 2.34. The van der Waals surface area contributed by atoms with E-state index < -0.39 is 33.3 Å². The van der Waals surface area contributed by atoms with Gasteiger partial charge in [-0.15, -0.1) is 0 Å². The van der Waals surface area contributed by atoms with E-state index >= 15 is 0 Å². The second-order valence-corrected chi connectivity index (χ2v) is 6.99. The van der Waals surface area contributed by atoms with Crippen LogP contribution in [0, 0.1) is 5.92 Å². The molecule has 7 nitrogen and oxygen atoms in total. The topological polar surface area (TPSA) is 107 Å². The Hall–Kier alpha value is -1.77. The van der Waals surface area contributed by atoms with Gasteiger partial charge >= 0.3 is 0 Å². The summed E-state index contributed by atoms with van der Waals surface area (Å²) in [4.78, 5) is 12.5. The normalized spacial score (nSPS) is 22.1. The lowest BCUT2D eigenvalue weighted by Crippen LogP contribution is -2.52. The van der Waals surface area contributed by atoms with E-state index in [1.54, 1.807) is 30.3 Å². The van der Waals surface area contributed by atoms with Gasteiger partial charge in [0.05, 0.1) is 18.0 Å². The summed E-state index contributed by atoms with van der Waals surface area (Å²) in [5, 5.41) is 14.6. The number of anilines is 1. The average molecular weight is 312 g/mol. The number of carbonyl (C=O) groups is 1. The van der Waals surface area contributed by atoms with Crippen LogP contribution in [-0.4, -0.2) is 41.0 Å². The number of aliphatic hydroxyl groups is 1. The Balaban J connectivity index is 2.46. The molecule has 1 aromatic carbocycles. The Labute approximate surface area is 122 Å². The summed E-state index contributed by atoms with van der Waals surface area (Å²) < 4.78 is 30.5. The lowest BCUT2D eigenvalue weighted by molar-refractivity contribution is -0.120. The fraction of sp³-hybridized carbons (Fsp3) is 0.385. The molecule has 21 heavy (non-hydrogen) atoms. The predicted molar refractivity (Wildman–Crippen MR) is 77.6 cm³/mol. The first-order chi connectivity index (χ1) is 9.72. The third-order valence-electron chi connectivity index (χ3n) is 3.65. The molecule has 2 atom stereocenters. The Morgan fingerprint density at radius 1 is 1.33 bits per heavy atom. The molecule has 0 bridgehead atoms. The number of aliphatic hydroxyl groups excluding tert-OH is 1. The maximum absolute atomic E-state index is 12.5. The molecule has 1 aliphatic rings. The Morgan fingerprint density at radius 2 is 1.90 bits per heavy atom. The minimum atomic E-state index is -4.65. The number of hydrazone groups is 1. The zero-order chi connectivity index (χ0) is 15.8. The van der Waals surface area contributed by atoms with Crippen molar-refractivity contribution in [1.82, 2.24) is 0 Å². The van der Waals surface area contributed by atoms with E-state index in [9.17, 15) is 22.9 Å². The number of hydrogen-bond acceptors (Lipinski definition) is 5. The van der Waals surface area contributed by atoms with Crippen LogP contribution in [0.2, 0.25) is 0 Å². The van der Waals surface area contributed by atoms with Crippen LogP contribution in [0.15, 0.2) is 35.4 Å². The van der Waals surface area contributed by atoms with Crippen LogP contribution in [0.3, 0.4) is 0 Å². The van der Waals surface area contributed by atoms with Crippen molar-refractivity contribution in [3.8, 4) is 0 Å². The Morgan fingerprint density at radius 3 is 2.38 bits per heavy atom. The zero-order valence-electron chi connectivity index (χ0n) is 11.6. The van der Waals surface area contributed by atoms with Gasteiger partial charge < -0.3 is 5.11 Å². The molecule has 2 rings (SSSR count). The molecule has 0 saturated heterocycles. The zero-order valence-corrected chi connectivity index (χ0v) is 12.4. The average Bonchev–Trinajstić information content (AvgIpc) is 2.73. The first kappa shape index (κ1) is 15.6. The molecule has 1 amide bonds. The van der Waals surface area contributed by atoms with E-state index in [-0.39, 0.29) is 5.71 Å². The van der Waals surface area contributed by atoms with Crippen molar-refractivity contribution in [1.29, 1.82) is 0 Å². The van der Waals surface area contributed by atoms with E-state index in [0.29, 0.717) is 5.69 Å². The van der Waals surface area contributed by atoms with Crippen molar-refractivity contribution in [3.05, 3.63) is 30.3 Å². The van der Waals surface area contributed by atoms with Gasteiger partial charge in [0.2, 0.25) is 0 Å². The predicted octanol–water partition coefficient (Wildman–Crippen LogP) is 0.664. The van der Waals surface area contributed by atoms with Gasteiger partial charge in [0.15, 0.2) is 0 Å². The summed E-state index contributed by atoms with van der Waals surface area (Å²) in [7, 11) is -4.65. The summed E-state index contributed by atoms with van der Waals surface area (Å²) in [6, 6.07) is 8.51. The fourth-order valence-electron chi connectivity index (χ4n) is 2.34. The van der Waals surface area contributed by atoms with Crippen molar-refractivity contribution >= 4 is 27.4 Å². The third-order valence-corrected chi connectivity index (χ3v) is 5.19. The molecule has 8 heteroatoms. The highest BCUT2D eigenvalue weighted by Gasteiger charge is 2.54. The summed E-state index contributed by atoms with van der Waals surface area (Å²) in [5.74, 6) is -1.84. The van der Waals surface area contributed by atoms with E-state index in [0.717, 1.165) is 11.9 Å². The van der Waals surface area contributed by atoms with Crippen molar-refractivity contribution < 1.29 is 22.9 Å². The quantitative estimate of drug-likeness (QED) is 0.794. The summed E-state index contributed by atoms with van der Waals surface area (Å²) in [5.41, 5.74) is 0.706. The molecule has 0 saturated carbocycles. The molecule has 1 aliphatic heterocycles. The van der Waals surface area contributed by atoms with Crippen LogP contribution in [0.4, 0.5) is 5.69 Å². The molecule has 1 heterocycles. The smallest absolute Gasteiger partial charge is 0.273 e. The molecule has 114 valence electrons. The Kier molecular flexibility index (Phi) is 3.87. The molecule has 0 aliphatic carbocycles. The molecule has 0 unspecified atom stereocenters. The van der Waals surface area contributed by atoms with Gasteiger partial charge in [-0.25, -0.2) is 5.01 Å². The van der Waals surface area contributed by atoms with Crippen LogP contribution < -0.4 is 5.01 Å². The second kappa shape index (κ2) is 5.21. The molecule has 2 N–H and O–H groups in total.